The molecule has 0 fully saturated rings. The number of benzene rings is 1. The second kappa shape index (κ2) is 5.82. The lowest BCUT2D eigenvalue weighted by Crippen LogP contribution is -2.01. The minimum atomic E-state index is 0.331. The molecule has 18 heavy (non-hydrogen) atoms. The highest BCUT2D eigenvalue weighted by Crippen LogP contribution is 2.21. The number of nitrogens with one attached hydrogen (secondary N) is 2. The third-order valence-corrected chi connectivity index (χ3v) is 2.63. The summed E-state index contributed by atoms with van der Waals surface area (Å²) in [7, 11) is 1.84. The molecule has 0 spiro atoms. The van der Waals surface area contributed by atoms with Crippen molar-refractivity contribution in [1.29, 1.82) is 0 Å². The normalized spacial score (nSPS) is 9.83. The molecule has 1 aromatic carbocycles. The van der Waals surface area contributed by atoms with Crippen LogP contribution in [0, 0.1) is 0 Å². The number of pyridine rings is 1. The van der Waals surface area contributed by atoms with Crippen LogP contribution in [0.3, 0.4) is 0 Å². The first kappa shape index (κ1) is 12.1. The Balaban J connectivity index is 2.14. The van der Waals surface area contributed by atoms with Crippen molar-refractivity contribution in [2.75, 3.05) is 24.2 Å². The van der Waals surface area contributed by atoms with E-state index >= 15 is 0 Å². The van der Waals surface area contributed by atoms with Gasteiger partial charge in [-0.2, -0.15) is 0 Å². The fourth-order valence-corrected chi connectivity index (χ4v) is 1.65. The summed E-state index contributed by atoms with van der Waals surface area (Å²) in [5, 5.41) is 5.98. The van der Waals surface area contributed by atoms with Crippen LogP contribution in [0.4, 0.5) is 11.5 Å². The van der Waals surface area contributed by atoms with Gasteiger partial charge in [-0.25, -0.2) is 4.98 Å². The first-order valence-corrected chi connectivity index (χ1v) is 5.75. The van der Waals surface area contributed by atoms with Gasteiger partial charge < -0.3 is 15.4 Å². The van der Waals surface area contributed by atoms with Gasteiger partial charge in [0.05, 0.1) is 6.54 Å². The molecule has 1 heterocycles. The number of nitrogens with zero attached hydrogens (tertiary/aromatic N) is 1. The Morgan fingerprint density at radius 3 is 2.39 bits per heavy atom. The highest BCUT2D eigenvalue weighted by molar-refractivity contribution is 5.67. The summed E-state index contributed by atoms with van der Waals surface area (Å²) >= 11 is 0. The number of aromatic nitrogens is 1. The summed E-state index contributed by atoms with van der Waals surface area (Å²) in [4.78, 5) is 14.5. The molecule has 0 aliphatic heterocycles. The predicted molar refractivity (Wildman–Crippen MR) is 73.8 cm³/mol. The number of rotatable bonds is 5. The summed E-state index contributed by atoms with van der Waals surface area (Å²) in [6.45, 7) is 0.331. The Kier molecular flexibility index (Phi) is 3.91. The van der Waals surface area contributed by atoms with Gasteiger partial charge in [-0.05, 0) is 29.8 Å². The van der Waals surface area contributed by atoms with E-state index in [0.29, 0.717) is 6.54 Å². The molecule has 4 nitrogen and oxygen atoms in total. The summed E-state index contributed by atoms with van der Waals surface area (Å²) in [6.07, 6.45) is 2.67. The summed E-state index contributed by atoms with van der Waals surface area (Å²) in [6, 6.07) is 11.9. The molecule has 0 atom stereocenters. The fraction of sp³-hybridized carbons (Fsp3) is 0.143. The second-order valence-electron chi connectivity index (χ2n) is 3.81. The largest absolute Gasteiger partial charge is 0.378 e. The van der Waals surface area contributed by atoms with Gasteiger partial charge in [-0.3, -0.25) is 0 Å². The van der Waals surface area contributed by atoms with E-state index in [1.165, 1.54) is 0 Å². The molecule has 2 N–H and O–H groups in total. The summed E-state index contributed by atoms with van der Waals surface area (Å²) < 4.78 is 0. The van der Waals surface area contributed by atoms with Crippen LogP contribution in [0.25, 0.3) is 11.1 Å². The molecule has 0 saturated heterocycles. The molecule has 0 saturated carbocycles. The lowest BCUT2D eigenvalue weighted by molar-refractivity contribution is -0.106. The topological polar surface area (TPSA) is 54.0 Å². The van der Waals surface area contributed by atoms with E-state index in [0.717, 1.165) is 28.9 Å². The van der Waals surface area contributed by atoms with Gasteiger partial charge in [0.1, 0.15) is 12.1 Å². The third-order valence-electron chi connectivity index (χ3n) is 2.63. The maximum Gasteiger partial charge on any atom is 0.139 e. The van der Waals surface area contributed by atoms with Gasteiger partial charge in [-0.1, -0.05) is 12.1 Å². The molecule has 2 aromatic rings. The zero-order valence-electron chi connectivity index (χ0n) is 10.2. The maximum atomic E-state index is 10.3. The Morgan fingerprint density at radius 1 is 1.11 bits per heavy atom. The second-order valence-corrected chi connectivity index (χ2v) is 3.81. The molecule has 0 bridgehead atoms. The number of aldehydes is 1. The fourth-order valence-electron chi connectivity index (χ4n) is 1.65. The van der Waals surface area contributed by atoms with Crippen LogP contribution in [0.1, 0.15) is 0 Å². The number of hydrogen-bond acceptors (Lipinski definition) is 4. The number of hydrogen-bond donors (Lipinski definition) is 2. The molecule has 92 valence electrons. The molecule has 4 heteroatoms. The molecule has 0 unspecified atom stereocenters. The standard InChI is InChI=1S/C14H15N3O/c1-15-14-7-4-12(10-17-14)11-2-5-13(6-3-11)16-8-9-18/h2-7,9-10,16H,8H2,1H3,(H,15,17). The predicted octanol–water partition coefficient (Wildman–Crippen LogP) is 2.40. The zero-order valence-corrected chi connectivity index (χ0v) is 10.2. The van der Waals surface area contributed by atoms with E-state index in [-0.39, 0.29) is 0 Å². The van der Waals surface area contributed by atoms with Crippen molar-refractivity contribution in [1.82, 2.24) is 4.98 Å². The van der Waals surface area contributed by atoms with Gasteiger partial charge in [0, 0.05) is 24.5 Å². The Labute approximate surface area is 106 Å². The molecule has 1 aromatic heterocycles. The van der Waals surface area contributed by atoms with Crippen LogP contribution >= 0.6 is 0 Å². The maximum absolute atomic E-state index is 10.3. The average Bonchev–Trinajstić information content (AvgIpc) is 2.46. The van der Waals surface area contributed by atoms with E-state index in [1.54, 1.807) is 0 Å². The van der Waals surface area contributed by atoms with E-state index in [2.05, 4.69) is 15.6 Å². The third kappa shape index (κ3) is 2.85. The van der Waals surface area contributed by atoms with Crippen molar-refractivity contribution < 1.29 is 4.79 Å². The minimum Gasteiger partial charge on any atom is -0.378 e. The quantitative estimate of drug-likeness (QED) is 0.789. The Hall–Kier alpha value is -2.36. The van der Waals surface area contributed by atoms with Crippen molar-refractivity contribution in [3.8, 4) is 11.1 Å². The van der Waals surface area contributed by atoms with Crippen LogP contribution in [0.15, 0.2) is 42.6 Å². The van der Waals surface area contributed by atoms with Crippen LogP contribution in [0.5, 0.6) is 0 Å². The van der Waals surface area contributed by atoms with E-state index in [4.69, 9.17) is 0 Å². The van der Waals surface area contributed by atoms with Gasteiger partial charge in [0.2, 0.25) is 0 Å². The SMILES string of the molecule is CNc1ccc(-c2ccc(NCC=O)cc2)cn1. The summed E-state index contributed by atoms with van der Waals surface area (Å²) in [5.74, 6) is 0.850. The first-order chi connectivity index (χ1) is 8.83. The molecular weight excluding hydrogens is 226 g/mol. The molecule has 0 aliphatic rings. The molecule has 0 radical (unpaired) electrons. The number of anilines is 2. The summed E-state index contributed by atoms with van der Waals surface area (Å²) in [5.41, 5.74) is 3.10. The van der Waals surface area contributed by atoms with Crippen LogP contribution in [-0.4, -0.2) is 24.9 Å². The average molecular weight is 241 g/mol. The van der Waals surface area contributed by atoms with Crippen molar-refractivity contribution in [3.63, 3.8) is 0 Å². The molecule has 2 rings (SSSR count). The van der Waals surface area contributed by atoms with E-state index in [9.17, 15) is 4.79 Å². The lowest BCUT2D eigenvalue weighted by Gasteiger charge is -2.05. The van der Waals surface area contributed by atoms with Crippen molar-refractivity contribution >= 4 is 17.8 Å². The molecule has 0 aliphatic carbocycles. The van der Waals surface area contributed by atoms with Crippen molar-refractivity contribution in [2.24, 2.45) is 0 Å². The van der Waals surface area contributed by atoms with Gasteiger partial charge >= 0.3 is 0 Å². The molecule has 0 amide bonds. The van der Waals surface area contributed by atoms with Crippen LogP contribution < -0.4 is 10.6 Å². The monoisotopic (exact) mass is 241 g/mol. The number of carbonyl (C=O) groups is 1. The van der Waals surface area contributed by atoms with Gasteiger partial charge in [-0.15, -0.1) is 0 Å². The first-order valence-electron chi connectivity index (χ1n) is 5.75. The van der Waals surface area contributed by atoms with E-state index < -0.39 is 0 Å². The zero-order chi connectivity index (χ0) is 12.8. The smallest absolute Gasteiger partial charge is 0.139 e. The molecular formula is C14H15N3O. The lowest BCUT2D eigenvalue weighted by atomic mass is 10.1. The number of carbonyl (C=O) groups excluding carboxylic acids is 1. The van der Waals surface area contributed by atoms with Crippen LogP contribution in [0.2, 0.25) is 0 Å². The van der Waals surface area contributed by atoms with E-state index in [1.807, 2.05) is 49.6 Å². The van der Waals surface area contributed by atoms with Crippen molar-refractivity contribution in [2.45, 2.75) is 0 Å². The highest BCUT2D eigenvalue weighted by Gasteiger charge is 1.99. The Bertz CT molecular complexity index is 506. The van der Waals surface area contributed by atoms with Crippen LogP contribution in [-0.2, 0) is 4.79 Å². The van der Waals surface area contributed by atoms with Crippen molar-refractivity contribution in [3.05, 3.63) is 42.6 Å². The van der Waals surface area contributed by atoms with Gasteiger partial charge in [0.25, 0.3) is 0 Å². The highest BCUT2D eigenvalue weighted by atomic mass is 16.1. The van der Waals surface area contributed by atoms with Gasteiger partial charge in [0.15, 0.2) is 0 Å². The minimum absolute atomic E-state index is 0.331. The Morgan fingerprint density at radius 2 is 1.83 bits per heavy atom.